The van der Waals surface area contributed by atoms with E-state index < -0.39 is 0 Å². The molecule has 2 aromatic rings. The van der Waals surface area contributed by atoms with Gasteiger partial charge in [-0.2, -0.15) is 0 Å². The van der Waals surface area contributed by atoms with Gasteiger partial charge in [0.15, 0.2) is 11.5 Å². The van der Waals surface area contributed by atoms with Crippen molar-refractivity contribution < 1.29 is 23.5 Å². The summed E-state index contributed by atoms with van der Waals surface area (Å²) in [5, 5.41) is 4.91. The van der Waals surface area contributed by atoms with E-state index in [0.717, 1.165) is 5.76 Å². The minimum atomic E-state index is -0.348. The predicted molar refractivity (Wildman–Crippen MR) is 94.7 cm³/mol. The molecule has 1 aromatic heterocycles. The van der Waals surface area contributed by atoms with Gasteiger partial charge in [0.1, 0.15) is 5.76 Å². The zero-order valence-corrected chi connectivity index (χ0v) is 14.5. The van der Waals surface area contributed by atoms with Gasteiger partial charge < -0.3 is 24.5 Å². The van der Waals surface area contributed by atoms with Gasteiger partial charge >= 0.3 is 0 Å². The molecule has 0 aliphatic rings. The highest BCUT2D eigenvalue weighted by atomic mass is 16.5. The maximum atomic E-state index is 11.7. The van der Waals surface area contributed by atoms with E-state index in [9.17, 15) is 9.59 Å². The Kier molecular flexibility index (Phi) is 8.35. The highest BCUT2D eigenvalue weighted by Crippen LogP contribution is 2.27. The maximum Gasteiger partial charge on any atom is 0.251 e. The Morgan fingerprint density at radius 1 is 1.20 bits per heavy atom. The lowest BCUT2D eigenvalue weighted by Gasteiger charge is -2.09. The second-order valence-electron chi connectivity index (χ2n) is 4.65. The average Bonchev–Trinajstić information content (AvgIpc) is 3.19. The summed E-state index contributed by atoms with van der Waals surface area (Å²) >= 11 is 0. The third kappa shape index (κ3) is 6.42. The van der Waals surface area contributed by atoms with Gasteiger partial charge in [-0.05, 0) is 36.4 Å². The van der Waals surface area contributed by atoms with Crippen LogP contribution in [0.3, 0.4) is 0 Å². The molecule has 0 aliphatic carbocycles. The van der Waals surface area contributed by atoms with Crippen LogP contribution in [0.25, 0.3) is 6.08 Å². The fourth-order valence-electron chi connectivity index (χ4n) is 1.74. The van der Waals surface area contributed by atoms with Crippen LogP contribution in [-0.4, -0.2) is 39.6 Å². The van der Waals surface area contributed by atoms with Crippen molar-refractivity contribution in [1.82, 2.24) is 10.6 Å². The molecule has 0 fully saturated rings. The first-order valence-corrected chi connectivity index (χ1v) is 7.42. The molecule has 0 saturated heterocycles. The van der Waals surface area contributed by atoms with E-state index in [1.54, 1.807) is 30.5 Å². The quantitative estimate of drug-likeness (QED) is 0.836. The molecule has 1 heterocycles. The van der Waals surface area contributed by atoms with Crippen LogP contribution < -0.4 is 20.1 Å². The lowest BCUT2D eigenvalue weighted by atomic mass is 10.2. The predicted octanol–water partition coefficient (Wildman–Crippen LogP) is 2.10. The minimum Gasteiger partial charge on any atom is -0.493 e. The van der Waals surface area contributed by atoms with Crippen molar-refractivity contribution >= 4 is 17.9 Å². The number of likely N-dealkylation sites (N-methyl/N-ethyl adjacent to an activating group) is 1. The third-order valence-corrected chi connectivity index (χ3v) is 3.08. The van der Waals surface area contributed by atoms with Gasteiger partial charge in [-0.15, -0.1) is 0 Å². The van der Waals surface area contributed by atoms with Gasteiger partial charge in [-0.1, -0.05) is 6.58 Å². The number of nitrogens with one attached hydrogen (secondary N) is 2. The highest BCUT2D eigenvalue weighted by Gasteiger charge is 2.11. The number of rotatable bonds is 6. The van der Waals surface area contributed by atoms with Crippen LogP contribution in [0, 0.1) is 0 Å². The first-order chi connectivity index (χ1) is 12.0. The fraction of sp³-hybridized carbons (Fsp3) is 0.222. The van der Waals surface area contributed by atoms with E-state index in [1.807, 2.05) is 12.1 Å². The standard InChI is InChI=1S/C12H16N2O4.C6H6O/c1-13-11(15)7-14-12(16)8-4-5-9(17-2)10(6-8)18-3;1-2-6-4-3-5-7-6/h4-6H,7H2,1-3H3,(H,13,15)(H,14,16);2-5H,1H2. The Bertz CT molecular complexity index is 695. The van der Waals surface area contributed by atoms with Crippen molar-refractivity contribution in [2.24, 2.45) is 0 Å². The monoisotopic (exact) mass is 346 g/mol. The van der Waals surface area contributed by atoms with E-state index in [4.69, 9.17) is 13.9 Å². The van der Waals surface area contributed by atoms with Crippen molar-refractivity contribution in [2.45, 2.75) is 0 Å². The Hall–Kier alpha value is -3.22. The number of hydrogen-bond acceptors (Lipinski definition) is 5. The fourth-order valence-corrected chi connectivity index (χ4v) is 1.74. The maximum absolute atomic E-state index is 11.7. The van der Waals surface area contributed by atoms with Crippen molar-refractivity contribution in [3.05, 3.63) is 54.5 Å². The molecule has 2 N–H and O–H groups in total. The molecule has 25 heavy (non-hydrogen) atoms. The molecule has 2 rings (SSSR count). The van der Waals surface area contributed by atoms with Gasteiger partial charge in [0.05, 0.1) is 27.0 Å². The van der Waals surface area contributed by atoms with E-state index in [-0.39, 0.29) is 18.4 Å². The van der Waals surface area contributed by atoms with Crippen molar-refractivity contribution in [1.29, 1.82) is 0 Å². The Labute approximate surface area is 146 Å². The summed E-state index contributed by atoms with van der Waals surface area (Å²) in [4.78, 5) is 22.7. The molecule has 0 atom stereocenters. The molecular weight excluding hydrogens is 324 g/mol. The molecule has 7 heteroatoms. The number of carbonyl (C=O) groups excluding carboxylic acids is 2. The summed E-state index contributed by atoms with van der Waals surface area (Å²) in [7, 11) is 4.51. The SMILES string of the molecule is C=Cc1ccco1.CNC(=O)CNC(=O)c1ccc(OC)c(OC)c1. The molecule has 134 valence electrons. The second kappa shape index (κ2) is 10.5. The van der Waals surface area contributed by atoms with Gasteiger partial charge in [0.2, 0.25) is 5.91 Å². The van der Waals surface area contributed by atoms with Crippen LogP contribution in [0.4, 0.5) is 0 Å². The first kappa shape index (κ1) is 19.8. The number of carbonyl (C=O) groups is 2. The molecule has 0 spiro atoms. The molecule has 0 radical (unpaired) electrons. The number of ether oxygens (including phenoxy) is 2. The zero-order chi connectivity index (χ0) is 18.7. The highest BCUT2D eigenvalue weighted by molar-refractivity contribution is 5.97. The van der Waals surface area contributed by atoms with Crippen molar-refractivity contribution in [3.8, 4) is 11.5 Å². The number of hydrogen-bond donors (Lipinski definition) is 2. The zero-order valence-electron chi connectivity index (χ0n) is 14.5. The number of furan rings is 1. The summed E-state index contributed by atoms with van der Waals surface area (Å²) in [6.07, 6.45) is 3.29. The van der Waals surface area contributed by atoms with Crippen LogP contribution in [0.15, 0.2) is 47.6 Å². The van der Waals surface area contributed by atoms with Crippen molar-refractivity contribution in [2.75, 3.05) is 27.8 Å². The molecular formula is C18H22N2O5. The average molecular weight is 346 g/mol. The number of benzene rings is 1. The second-order valence-corrected chi connectivity index (χ2v) is 4.65. The summed E-state index contributed by atoms with van der Waals surface area (Å²) in [6.45, 7) is 3.44. The number of amides is 2. The Balaban J connectivity index is 0.000000370. The summed E-state index contributed by atoms with van der Waals surface area (Å²) < 4.78 is 15.0. The van der Waals surface area contributed by atoms with Crippen LogP contribution >= 0.6 is 0 Å². The molecule has 0 saturated carbocycles. The molecule has 0 bridgehead atoms. The molecule has 7 nitrogen and oxygen atoms in total. The van der Waals surface area contributed by atoms with Gasteiger partial charge in [0, 0.05) is 12.6 Å². The topological polar surface area (TPSA) is 89.8 Å². The van der Waals surface area contributed by atoms with Gasteiger partial charge in [0.25, 0.3) is 5.91 Å². The smallest absolute Gasteiger partial charge is 0.251 e. The van der Waals surface area contributed by atoms with Crippen LogP contribution in [-0.2, 0) is 4.79 Å². The lowest BCUT2D eigenvalue weighted by Crippen LogP contribution is -2.35. The van der Waals surface area contributed by atoms with Crippen molar-refractivity contribution in [3.63, 3.8) is 0 Å². The summed E-state index contributed by atoms with van der Waals surface area (Å²) in [5.41, 5.74) is 0.400. The normalized spacial score (nSPS) is 9.24. The largest absolute Gasteiger partial charge is 0.493 e. The lowest BCUT2D eigenvalue weighted by molar-refractivity contribution is -0.119. The summed E-state index contributed by atoms with van der Waals surface area (Å²) in [5.74, 6) is 1.22. The molecule has 1 aromatic carbocycles. The summed E-state index contributed by atoms with van der Waals surface area (Å²) in [6, 6.07) is 8.47. The Morgan fingerprint density at radius 3 is 2.40 bits per heavy atom. The van der Waals surface area contributed by atoms with E-state index in [2.05, 4.69) is 17.2 Å². The first-order valence-electron chi connectivity index (χ1n) is 7.42. The Morgan fingerprint density at radius 2 is 1.92 bits per heavy atom. The van der Waals surface area contributed by atoms with Crippen LogP contribution in [0.5, 0.6) is 11.5 Å². The molecule has 2 amide bonds. The van der Waals surface area contributed by atoms with E-state index >= 15 is 0 Å². The number of methoxy groups -OCH3 is 2. The molecule has 0 unspecified atom stereocenters. The third-order valence-electron chi connectivity index (χ3n) is 3.08. The molecule has 0 aliphatic heterocycles. The minimum absolute atomic E-state index is 0.0658. The van der Waals surface area contributed by atoms with Crippen LogP contribution in [0.1, 0.15) is 16.1 Å². The van der Waals surface area contributed by atoms with E-state index in [0.29, 0.717) is 17.1 Å². The van der Waals surface area contributed by atoms with Crippen LogP contribution in [0.2, 0.25) is 0 Å². The van der Waals surface area contributed by atoms with E-state index in [1.165, 1.54) is 21.3 Å². The van der Waals surface area contributed by atoms with Gasteiger partial charge in [-0.25, -0.2) is 0 Å². The van der Waals surface area contributed by atoms with Gasteiger partial charge in [-0.3, -0.25) is 9.59 Å².